The van der Waals surface area contributed by atoms with E-state index in [0.717, 1.165) is 10.0 Å². The molecule has 0 spiro atoms. The van der Waals surface area contributed by atoms with Crippen molar-refractivity contribution >= 4 is 33.3 Å². The molecule has 0 fully saturated rings. The molecule has 0 aliphatic carbocycles. The fourth-order valence-electron chi connectivity index (χ4n) is 2.40. The summed E-state index contributed by atoms with van der Waals surface area (Å²) in [6.07, 6.45) is 0.627. The number of halogens is 1. The predicted octanol–water partition coefficient (Wildman–Crippen LogP) is 2.43. The number of anilines is 1. The molecule has 0 bridgehead atoms. The van der Waals surface area contributed by atoms with Crippen LogP contribution < -0.4 is 4.90 Å². The zero-order valence-corrected chi connectivity index (χ0v) is 13.1. The Bertz CT molecular complexity index is 754. The molecule has 2 aromatic rings. The summed E-state index contributed by atoms with van der Waals surface area (Å²) in [4.78, 5) is 29.9. The average Bonchev–Trinajstić information content (AvgIpc) is 2.98. The zero-order chi connectivity index (χ0) is 15.1. The van der Waals surface area contributed by atoms with E-state index in [1.165, 1.54) is 4.90 Å². The molecule has 1 aliphatic rings. The lowest BCUT2D eigenvalue weighted by molar-refractivity contribution is -0.114. The number of fused-ring (bicyclic) bond motifs is 1. The molecular weight excluding hydrogens is 338 g/mol. The highest BCUT2D eigenvalue weighted by molar-refractivity contribution is 9.10. The Morgan fingerprint density at radius 1 is 1.33 bits per heavy atom. The molecule has 3 rings (SSSR count). The molecule has 1 aromatic carbocycles. The second-order valence-electron chi connectivity index (χ2n) is 4.80. The van der Waals surface area contributed by atoms with E-state index >= 15 is 0 Å². The van der Waals surface area contributed by atoms with Crippen molar-refractivity contribution in [2.75, 3.05) is 4.90 Å². The van der Waals surface area contributed by atoms with Gasteiger partial charge in [-0.15, -0.1) is 0 Å². The first-order valence-electron chi connectivity index (χ1n) is 6.49. The number of rotatable bonds is 3. The van der Waals surface area contributed by atoms with Crippen molar-refractivity contribution < 1.29 is 14.1 Å². The Morgan fingerprint density at radius 2 is 2.10 bits per heavy atom. The number of Topliss-reactive ketones (excluding diaryl/α,β-unsaturated/α-hetero) is 1. The first-order chi connectivity index (χ1) is 10.0. The van der Waals surface area contributed by atoms with Gasteiger partial charge >= 0.3 is 0 Å². The molecule has 1 aromatic heterocycles. The van der Waals surface area contributed by atoms with Crippen LogP contribution >= 0.6 is 15.9 Å². The highest BCUT2D eigenvalue weighted by Crippen LogP contribution is 2.35. The van der Waals surface area contributed by atoms with E-state index in [1.54, 1.807) is 6.07 Å². The van der Waals surface area contributed by atoms with Gasteiger partial charge in [-0.25, -0.2) is 0 Å². The highest BCUT2D eigenvalue weighted by atomic mass is 79.9. The number of ketones is 1. The van der Waals surface area contributed by atoms with Gasteiger partial charge in [0.05, 0.1) is 17.8 Å². The van der Waals surface area contributed by atoms with Gasteiger partial charge in [0.25, 0.3) is 11.7 Å². The molecule has 0 N–H and O–H groups in total. The molecule has 0 saturated carbocycles. The van der Waals surface area contributed by atoms with Gasteiger partial charge in [-0.2, -0.15) is 4.98 Å². The third-order valence-electron chi connectivity index (χ3n) is 3.33. The first kappa shape index (κ1) is 13.9. The summed E-state index contributed by atoms with van der Waals surface area (Å²) in [5.41, 5.74) is 1.87. The number of carbonyl (C=O) groups is 2. The number of benzene rings is 1. The Labute approximate surface area is 129 Å². The van der Waals surface area contributed by atoms with Crippen LogP contribution in [0.2, 0.25) is 0 Å². The fraction of sp³-hybridized carbons (Fsp3) is 0.286. The number of amides is 1. The quantitative estimate of drug-likeness (QED) is 0.795. The molecule has 1 aliphatic heterocycles. The van der Waals surface area contributed by atoms with E-state index in [9.17, 15) is 9.59 Å². The predicted molar refractivity (Wildman–Crippen MR) is 78.1 cm³/mol. The van der Waals surface area contributed by atoms with Crippen molar-refractivity contribution in [2.24, 2.45) is 0 Å². The number of aryl methyl sites for hydroxylation is 2. The van der Waals surface area contributed by atoms with E-state index in [0.29, 0.717) is 29.4 Å². The number of hydrogen-bond acceptors (Lipinski definition) is 5. The SMILES string of the molecule is CCc1nc(CN2C(=O)C(=O)c3cc(Br)cc(C)c32)no1. The molecule has 7 heteroatoms. The number of hydrogen-bond donors (Lipinski definition) is 0. The van der Waals surface area contributed by atoms with Gasteiger partial charge < -0.3 is 4.52 Å². The monoisotopic (exact) mass is 349 g/mol. The van der Waals surface area contributed by atoms with Crippen LogP contribution in [0.1, 0.15) is 34.6 Å². The lowest BCUT2D eigenvalue weighted by Gasteiger charge is -2.16. The van der Waals surface area contributed by atoms with E-state index in [4.69, 9.17) is 4.52 Å². The van der Waals surface area contributed by atoms with Crippen LogP contribution in [0, 0.1) is 6.92 Å². The van der Waals surface area contributed by atoms with Gasteiger partial charge in [-0.05, 0) is 24.6 Å². The molecule has 0 atom stereocenters. The van der Waals surface area contributed by atoms with Crippen LogP contribution in [-0.2, 0) is 17.8 Å². The van der Waals surface area contributed by atoms with Crippen LogP contribution in [0.5, 0.6) is 0 Å². The second-order valence-corrected chi connectivity index (χ2v) is 5.71. The summed E-state index contributed by atoms with van der Waals surface area (Å²) < 4.78 is 5.80. The minimum atomic E-state index is -0.561. The topological polar surface area (TPSA) is 76.3 Å². The Kier molecular flexibility index (Phi) is 3.36. The van der Waals surface area contributed by atoms with Crippen LogP contribution in [0.25, 0.3) is 0 Å². The van der Waals surface area contributed by atoms with Crippen molar-refractivity contribution in [3.8, 4) is 0 Å². The van der Waals surface area contributed by atoms with Crippen molar-refractivity contribution in [1.29, 1.82) is 0 Å². The minimum Gasteiger partial charge on any atom is -0.339 e. The summed E-state index contributed by atoms with van der Waals surface area (Å²) in [6, 6.07) is 3.53. The average molecular weight is 350 g/mol. The summed E-state index contributed by atoms with van der Waals surface area (Å²) in [7, 11) is 0. The van der Waals surface area contributed by atoms with E-state index in [-0.39, 0.29) is 6.54 Å². The van der Waals surface area contributed by atoms with Crippen LogP contribution in [-0.4, -0.2) is 21.8 Å². The van der Waals surface area contributed by atoms with Crippen molar-refractivity contribution in [3.63, 3.8) is 0 Å². The molecule has 1 amide bonds. The maximum Gasteiger partial charge on any atom is 0.299 e. The van der Waals surface area contributed by atoms with Crippen molar-refractivity contribution in [3.05, 3.63) is 39.4 Å². The summed E-state index contributed by atoms with van der Waals surface area (Å²) in [6.45, 7) is 3.89. The van der Waals surface area contributed by atoms with Gasteiger partial charge in [0.1, 0.15) is 0 Å². The summed E-state index contributed by atoms with van der Waals surface area (Å²) in [5.74, 6) is -0.165. The molecule has 0 unspecified atom stereocenters. The third-order valence-corrected chi connectivity index (χ3v) is 3.79. The van der Waals surface area contributed by atoms with Gasteiger partial charge in [0, 0.05) is 10.9 Å². The molecule has 0 saturated heterocycles. The van der Waals surface area contributed by atoms with E-state index in [1.807, 2.05) is 19.9 Å². The van der Waals surface area contributed by atoms with Gasteiger partial charge in [0.2, 0.25) is 5.89 Å². The Balaban J connectivity index is 2.01. The minimum absolute atomic E-state index is 0.129. The van der Waals surface area contributed by atoms with Gasteiger partial charge in [-0.1, -0.05) is 28.0 Å². The van der Waals surface area contributed by atoms with Crippen LogP contribution in [0.3, 0.4) is 0 Å². The fourth-order valence-corrected chi connectivity index (χ4v) is 2.97. The lowest BCUT2D eigenvalue weighted by Crippen LogP contribution is -2.30. The van der Waals surface area contributed by atoms with Gasteiger partial charge in [-0.3, -0.25) is 14.5 Å². The van der Waals surface area contributed by atoms with E-state index < -0.39 is 11.7 Å². The second kappa shape index (κ2) is 5.07. The standard InChI is InChI=1S/C14H12BrN3O3/c1-3-11-16-10(17-21-11)6-18-12-7(2)4-8(15)5-9(12)13(19)14(18)20/h4-5H,3,6H2,1-2H3. The molecule has 0 radical (unpaired) electrons. The maximum absolute atomic E-state index is 12.2. The molecule has 6 nitrogen and oxygen atoms in total. The van der Waals surface area contributed by atoms with Crippen molar-refractivity contribution in [1.82, 2.24) is 10.1 Å². The third kappa shape index (κ3) is 2.27. The maximum atomic E-state index is 12.2. The largest absolute Gasteiger partial charge is 0.339 e. The van der Waals surface area contributed by atoms with Crippen LogP contribution in [0.4, 0.5) is 5.69 Å². The smallest absolute Gasteiger partial charge is 0.299 e. The number of aromatic nitrogens is 2. The number of nitrogens with zero attached hydrogens (tertiary/aromatic N) is 3. The first-order valence-corrected chi connectivity index (χ1v) is 7.28. The molecular formula is C14H12BrN3O3. The highest BCUT2D eigenvalue weighted by Gasteiger charge is 2.37. The zero-order valence-electron chi connectivity index (χ0n) is 11.5. The molecule has 2 heterocycles. The normalized spacial score (nSPS) is 14.0. The van der Waals surface area contributed by atoms with E-state index in [2.05, 4.69) is 26.1 Å². The lowest BCUT2D eigenvalue weighted by atomic mass is 10.1. The molecule has 108 valence electrons. The Morgan fingerprint density at radius 3 is 2.76 bits per heavy atom. The Hall–Kier alpha value is -2.02. The van der Waals surface area contributed by atoms with Crippen LogP contribution in [0.15, 0.2) is 21.1 Å². The summed E-state index contributed by atoms with van der Waals surface area (Å²) in [5, 5.41) is 3.83. The number of carbonyl (C=O) groups excluding carboxylic acids is 2. The molecule has 21 heavy (non-hydrogen) atoms. The summed E-state index contributed by atoms with van der Waals surface area (Å²) >= 11 is 3.34. The van der Waals surface area contributed by atoms with Crippen molar-refractivity contribution in [2.45, 2.75) is 26.8 Å². The van der Waals surface area contributed by atoms with Gasteiger partial charge in [0.15, 0.2) is 5.82 Å².